The van der Waals surface area contributed by atoms with Gasteiger partial charge in [0.2, 0.25) is 0 Å². The predicted octanol–water partition coefficient (Wildman–Crippen LogP) is 5.19. The Morgan fingerprint density at radius 2 is 1.90 bits per heavy atom. The molecular formula is C15H17BrF2N2S. The van der Waals surface area contributed by atoms with Crippen LogP contribution in [0.2, 0.25) is 0 Å². The van der Waals surface area contributed by atoms with Gasteiger partial charge in [-0.2, -0.15) is 0 Å². The SMILES string of the molecule is Fc1cc(F)c(NC2=NCC3(CCCCC3)CS2)cc1Br. The minimum Gasteiger partial charge on any atom is -0.333 e. The van der Waals surface area contributed by atoms with Crippen LogP contribution in [0, 0.1) is 17.0 Å². The summed E-state index contributed by atoms with van der Waals surface area (Å²) in [7, 11) is 0. The van der Waals surface area contributed by atoms with Crippen molar-refractivity contribution in [2.45, 2.75) is 32.1 Å². The molecule has 0 unspecified atom stereocenters. The van der Waals surface area contributed by atoms with E-state index in [1.54, 1.807) is 11.8 Å². The molecule has 1 aromatic carbocycles. The second kappa shape index (κ2) is 6.24. The van der Waals surface area contributed by atoms with Crippen molar-refractivity contribution in [3.8, 4) is 0 Å². The number of hydrogen-bond donors (Lipinski definition) is 1. The van der Waals surface area contributed by atoms with E-state index in [-0.39, 0.29) is 10.2 Å². The number of aliphatic imine (C=N–C) groups is 1. The second-order valence-electron chi connectivity index (χ2n) is 5.84. The Balaban J connectivity index is 1.71. The summed E-state index contributed by atoms with van der Waals surface area (Å²) in [5.74, 6) is -0.169. The number of benzene rings is 1. The van der Waals surface area contributed by atoms with Gasteiger partial charge in [0, 0.05) is 18.4 Å². The molecular weight excluding hydrogens is 358 g/mol. The normalized spacial score (nSPS) is 21.2. The fourth-order valence-electron chi connectivity index (χ4n) is 2.97. The van der Waals surface area contributed by atoms with E-state index in [0.29, 0.717) is 5.41 Å². The number of halogens is 3. The third kappa shape index (κ3) is 3.42. The van der Waals surface area contributed by atoms with Crippen molar-refractivity contribution >= 4 is 38.5 Å². The van der Waals surface area contributed by atoms with Crippen molar-refractivity contribution in [3.63, 3.8) is 0 Å². The van der Waals surface area contributed by atoms with Gasteiger partial charge in [-0.05, 0) is 40.3 Å². The van der Waals surface area contributed by atoms with Crippen LogP contribution < -0.4 is 5.32 Å². The van der Waals surface area contributed by atoms with Gasteiger partial charge in [0.05, 0.1) is 10.2 Å². The first kappa shape index (κ1) is 15.3. The van der Waals surface area contributed by atoms with Gasteiger partial charge in [0.15, 0.2) is 5.17 Å². The van der Waals surface area contributed by atoms with Crippen molar-refractivity contribution in [2.75, 3.05) is 17.6 Å². The minimum absolute atomic E-state index is 0.247. The second-order valence-corrected chi connectivity index (χ2v) is 7.66. The molecule has 1 aromatic rings. The summed E-state index contributed by atoms with van der Waals surface area (Å²) in [4.78, 5) is 4.59. The first-order valence-corrected chi connectivity index (χ1v) is 8.95. The van der Waals surface area contributed by atoms with Gasteiger partial charge in [-0.1, -0.05) is 31.0 Å². The quantitative estimate of drug-likeness (QED) is 0.683. The molecule has 1 aliphatic heterocycles. The molecule has 0 aromatic heterocycles. The Morgan fingerprint density at radius 1 is 1.14 bits per heavy atom. The highest BCUT2D eigenvalue weighted by Crippen LogP contribution is 2.42. The number of anilines is 1. The van der Waals surface area contributed by atoms with Crippen molar-refractivity contribution in [3.05, 3.63) is 28.2 Å². The van der Waals surface area contributed by atoms with Crippen LogP contribution in [0.25, 0.3) is 0 Å². The average Bonchev–Trinajstić information content (AvgIpc) is 2.48. The maximum Gasteiger partial charge on any atom is 0.161 e. The molecule has 21 heavy (non-hydrogen) atoms. The highest BCUT2D eigenvalue weighted by atomic mass is 79.9. The minimum atomic E-state index is -0.600. The van der Waals surface area contributed by atoms with Crippen LogP contribution in [0.15, 0.2) is 21.6 Å². The lowest BCUT2D eigenvalue weighted by molar-refractivity contribution is 0.232. The fourth-order valence-corrected chi connectivity index (χ4v) is 4.47. The third-order valence-electron chi connectivity index (χ3n) is 4.24. The van der Waals surface area contributed by atoms with E-state index in [1.807, 2.05) is 0 Å². The van der Waals surface area contributed by atoms with Crippen LogP contribution in [0.1, 0.15) is 32.1 Å². The van der Waals surface area contributed by atoms with Crippen LogP contribution >= 0.6 is 27.7 Å². The Hall–Kier alpha value is -0.620. The largest absolute Gasteiger partial charge is 0.333 e. The van der Waals surface area contributed by atoms with E-state index in [1.165, 1.54) is 38.2 Å². The Kier molecular flexibility index (Phi) is 4.54. The van der Waals surface area contributed by atoms with Crippen molar-refractivity contribution in [1.82, 2.24) is 0 Å². The van der Waals surface area contributed by atoms with E-state index >= 15 is 0 Å². The molecule has 0 saturated heterocycles. The van der Waals surface area contributed by atoms with E-state index < -0.39 is 11.6 Å². The first-order chi connectivity index (χ1) is 10.1. The Bertz CT molecular complexity index is 571. The van der Waals surface area contributed by atoms with Gasteiger partial charge in [0.1, 0.15) is 11.6 Å². The van der Waals surface area contributed by atoms with Gasteiger partial charge in [0.25, 0.3) is 0 Å². The molecule has 114 valence electrons. The number of nitrogens with one attached hydrogen (secondary N) is 1. The van der Waals surface area contributed by atoms with Crippen molar-refractivity contribution < 1.29 is 8.78 Å². The molecule has 2 nitrogen and oxygen atoms in total. The molecule has 2 aliphatic rings. The molecule has 1 saturated carbocycles. The summed E-state index contributed by atoms with van der Waals surface area (Å²) in [5.41, 5.74) is 0.602. The molecule has 1 aliphatic carbocycles. The molecule has 6 heteroatoms. The van der Waals surface area contributed by atoms with Crippen LogP contribution in [0.3, 0.4) is 0 Å². The van der Waals surface area contributed by atoms with Crippen LogP contribution in [-0.4, -0.2) is 17.5 Å². The first-order valence-electron chi connectivity index (χ1n) is 7.17. The van der Waals surface area contributed by atoms with Gasteiger partial charge in [-0.25, -0.2) is 8.78 Å². The Labute approximate surface area is 135 Å². The van der Waals surface area contributed by atoms with E-state index in [9.17, 15) is 8.78 Å². The van der Waals surface area contributed by atoms with E-state index in [0.717, 1.165) is 23.5 Å². The highest BCUT2D eigenvalue weighted by molar-refractivity contribution is 9.10. The lowest BCUT2D eigenvalue weighted by Crippen LogP contribution is -2.35. The maximum atomic E-state index is 13.7. The maximum absolute atomic E-state index is 13.7. The molecule has 0 radical (unpaired) electrons. The van der Waals surface area contributed by atoms with Gasteiger partial charge >= 0.3 is 0 Å². The number of rotatable bonds is 1. The topological polar surface area (TPSA) is 24.4 Å². The molecule has 0 amide bonds. The zero-order valence-corrected chi connectivity index (χ0v) is 14.0. The summed E-state index contributed by atoms with van der Waals surface area (Å²) >= 11 is 4.72. The van der Waals surface area contributed by atoms with Crippen LogP contribution in [0.4, 0.5) is 14.5 Å². The van der Waals surface area contributed by atoms with Crippen molar-refractivity contribution in [1.29, 1.82) is 0 Å². The standard InChI is InChI=1S/C15H17BrF2N2S/c16-10-6-13(12(18)7-11(10)17)20-14-19-8-15(9-21-14)4-2-1-3-5-15/h6-7H,1-5,8-9H2,(H,19,20). The van der Waals surface area contributed by atoms with Crippen LogP contribution in [-0.2, 0) is 0 Å². The van der Waals surface area contributed by atoms with Gasteiger partial charge in [-0.3, -0.25) is 4.99 Å². The number of amidine groups is 1. The zero-order chi connectivity index (χ0) is 14.9. The molecule has 1 spiro atoms. The highest BCUT2D eigenvalue weighted by Gasteiger charge is 2.35. The van der Waals surface area contributed by atoms with Gasteiger partial charge in [-0.15, -0.1) is 0 Å². The van der Waals surface area contributed by atoms with Gasteiger partial charge < -0.3 is 5.32 Å². The molecule has 1 fully saturated rings. The lowest BCUT2D eigenvalue weighted by atomic mass is 9.75. The zero-order valence-electron chi connectivity index (χ0n) is 11.6. The summed E-state index contributed by atoms with van der Waals surface area (Å²) in [6.07, 6.45) is 6.40. The monoisotopic (exact) mass is 374 g/mol. The fraction of sp³-hybridized carbons (Fsp3) is 0.533. The Morgan fingerprint density at radius 3 is 2.57 bits per heavy atom. The third-order valence-corrected chi connectivity index (χ3v) is 6.11. The summed E-state index contributed by atoms with van der Waals surface area (Å²) < 4.78 is 27.2. The number of nitrogens with zero attached hydrogens (tertiary/aromatic N) is 1. The molecule has 0 bridgehead atoms. The average molecular weight is 375 g/mol. The number of hydrogen-bond acceptors (Lipinski definition) is 3. The molecule has 1 heterocycles. The molecule has 0 atom stereocenters. The summed E-state index contributed by atoms with van der Waals surface area (Å²) in [6.45, 7) is 0.812. The lowest BCUT2D eigenvalue weighted by Gasteiger charge is -2.38. The van der Waals surface area contributed by atoms with Crippen LogP contribution in [0.5, 0.6) is 0 Å². The van der Waals surface area contributed by atoms with E-state index in [2.05, 4.69) is 26.2 Å². The van der Waals surface area contributed by atoms with E-state index in [4.69, 9.17) is 0 Å². The molecule has 3 rings (SSSR count). The molecule has 1 N–H and O–H groups in total. The smallest absolute Gasteiger partial charge is 0.161 e. The number of thioether (sulfide) groups is 1. The predicted molar refractivity (Wildman–Crippen MR) is 88.0 cm³/mol. The summed E-state index contributed by atoms with van der Waals surface area (Å²) in [6, 6.07) is 2.29. The summed E-state index contributed by atoms with van der Waals surface area (Å²) in [5, 5.41) is 3.71. The van der Waals surface area contributed by atoms with Crippen molar-refractivity contribution in [2.24, 2.45) is 10.4 Å².